The summed E-state index contributed by atoms with van der Waals surface area (Å²) in [5, 5.41) is 17.4. The Morgan fingerprint density at radius 1 is 0.882 bits per heavy atom. The molecule has 0 aliphatic carbocycles. The van der Waals surface area contributed by atoms with Gasteiger partial charge in [-0.25, -0.2) is 0 Å². The van der Waals surface area contributed by atoms with Crippen molar-refractivity contribution in [3.05, 3.63) is 95.3 Å². The van der Waals surface area contributed by atoms with E-state index in [0.29, 0.717) is 11.3 Å². The van der Waals surface area contributed by atoms with Crippen molar-refractivity contribution in [2.24, 2.45) is 5.92 Å². The highest BCUT2D eigenvalue weighted by Crippen LogP contribution is 2.24. The van der Waals surface area contributed by atoms with Crippen LogP contribution in [0.2, 0.25) is 0 Å². The fraction of sp³-hybridized carbons (Fsp3) is 0.324. The number of ketones is 1. The van der Waals surface area contributed by atoms with Gasteiger partial charge in [-0.05, 0) is 53.4 Å². The molecular weight excluding hydrogens is 683 g/mol. The van der Waals surface area contributed by atoms with Gasteiger partial charge in [-0.2, -0.15) is 27.2 Å². The van der Waals surface area contributed by atoms with E-state index in [1.165, 1.54) is 75.7 Å². The third kappa shape index (κ3) is 11.0. The summed E-state index contributed by atoms with van der Waals surface area (Å²) >= 11 is 0. The molecule has 0 saturated carbocycles. The smallest absolute Gasteiger partial charge is 0.405 e. The van der Waals surface area contributed by atoms with E-state index >= 15 is 0 Å². The van der Waals surface area contributed by atoms with Crippen LogP contribution in [0, 0.1) is 17.2 Å². The second-order valence-electron chi connectivity index (χ2n) is 11.4. The number of benzene rings is 2. The van der Waals surface area contributed by atoms with Crippen molar-refractivity contribution in [2.45, 2.75) is 50.5 Å². The van der Waals surface area contributed by atoms with E-state index in [9.17, 15) is 51.2 Å². The van der Waals surface area contributed by atoms with Crippen LogP contribution in [0.3, 0.4) is 0 Å². The second-order valence-corrected chi connectivity index (χ2v) is 11.4. The van der Waals surface area contributed by atoms with Crippen molar-refractivity contribution < 1.29 is 50.7 Å². The largest absolute Gasteiger partial charge is 0.497 e. The highest BCUT2D eigenvalue weighted by Gasteiger charge is 2.52. The summed E-state index contributed by atoms with van der Waals surface area (Å²) in [6, 6.07) is 12.9. The van der Waals surface area contributed by atoms with E-state index in [4.69, 9.17) is 4.74 Å². The van der Waals surface area contributed by atoms with Crippen LogP contribution in [-0.4, -0.2) is 72.2 Å². The molecule has 0 fully saturated rings. The van der Waals surface area contributed by atoms with Crippen molar-refractivity contribution in [2.75, 3.05) is 13.7 Å². The van der Waals surface area contributed by atoms with E-state index < -0.39 is 72.1 Å². The number of halogens is 5. The van der Waals surface area contributed by atoms with Crippen molar-refractivity contribution in [3.8, 4) is 11.8 Å². The molecule has 1 heterocycles. The third-order valence-corrected chi connectivity index (χ3v) is 7.30. The number of methoxy groups -OCH3 is 1. The first-order chi connectivity index (χ1) is 24.0. The van der Waals surface area contributed by atoms with Gasteiger partial charge in [-0.15, -0.1) is 0 Å². The number of carbonyl (C=O) groups excluding carboxylic acids is 5. The molecule has 270 valence electrons. The summed E-state index contributed by atoms with van der Waals surface area (Å²) in [6.45, 7) is 0.357. The molecule has 4 N–H and O–H groups in total. The standard InChI is InChI=1S/C34H33F5N6O6/c1-19(2)26(28(46)34(38,39)32(50)42-18-33(35,36)37)44-31(49)27(22-10-12-23(51-3)13-11-22)45-30(48)25(16-20-7-6-8-21(15-20)17-40)43-29(47)24-9-4-5-14-41-24/h4-15,19,25-27H,16,18H2,1-3H3,(H,42,50)(H,43,47)(H,44,49)(H,45,48). The molecule has 0 bridgehead atoms. The highest BCUT2D eigenvalue weighted by atomic mass is 19.4. The first-order valence-corrected chi connectivity index (χ1v) is 15.2. The van der Waals surface area contributed by atoms with Crippen LogP contribution in [0.4, 0.5) is 22.0 Å². The number of alkyl halides is 5. The maximum absolute atomic E-state index is 14.9. The van der Waals surface area contributed by atoms with Gasteiger partial charge in [0.15, 0.2) is 0 Å². The third-order valence-electron chi connectivity index (χ3n) is 7.30. The van der Waals surface area contributed by atoms with Crippen LogP contribution in [0.5, 0.6) is 5.75 Å². The highest BCUT2D eigenvalue weighted by molar-refractivity contribution is 6.10. The summed E-state index contributed by atoms with van der Waals surface area (Å²) in [5.74, 6) is -13.4. The van der Waals surface area contributed by atoms with Gasteiger partial charge in [0.05, 0.1) is 24.8 Å². The van der Waals surface area contributed by atoms with Gasteiger partial charge in [-0.3, -0.25) is 29.0 Å². The van der Waals surface area contributed by atoms with Crippen molar-refractivity contribution in [3.63, 3.8) is 0 Å². The van der Waals surface area contributed by atoms with Gasteiger partial charge in [-0.1, -0.05) is 44.2 Å². The van der Waals surface area contributed by atoms with Crippen LogP contribution >= 0.6 is 0 Å². The molecule has 1 aromatic heterocycles. The molecule has 0 radical (unpaired) electrons. The van der Waals surface area contributed by atoms with Crippen LogP contribution in [-0.2, 0) is 25.6 Å². The number of hydrogen-bond donors (Lipinski definition) is 4. The number of aromatic nitrogens is 1. The predicted molar refractivity (Wildman–Crippen MR) is 170 cm³/mol. The number of rotatable bonds is 15. The molecule has 3 aromatic rings. The average Bonchev–Trinajstić information content (AvgIpc) is 3.10. The topological polar surface area (TPSA) is 179 Å². The van der Waals surface area contributed by atoms with Crippen LogP contribution < -0.4 is 26.0 Å². The monoisotopic (exact) mass is 716 g/mol. The van der Waals surface area contributed by atoms with Gasteiger partial charge in [0.1, 0.15) is 30.1 Å². The summed E-state index contributed by atoms with van der Waals surface area (Å²) in [4.78, 5) is 69.6. The van der Waals surface area contributed by atoms with Gasteiger partial charge < -0.3 is 26.0 Å². The molecule has 3 atom stereocenters. The van der Waals surface area contributed by atoms with E-state index in [2.05, 4.69) is 20.9 Å². The SMILES string of the molecule is COc1ccc(C(NC(=O)C(Cc2cccc(C#N)c2)NC(=O)c2ccccn2)C(=O)NC(C(=O)C(F)(F)C(=O)NCC(F)(F)F)C(C)C)cc1. The van der Waals surface area contributed by atoms with Crippen molar-refractivity contribution in [1.29, 1.82) is 5.26 Å². The number of Topliss-reactive ketones (excluding diaryl/α,β-unsaturated/α-hetero) is 1. The van der Waals surface area contributed by atoms with Crippen LogP contribution in [0.25, 0.3) is 0 Å². The zero-order valence-corrected chi connectivity index (χ0v) is 27.4. The average molecular weight is 717 g/mol. The molecule has 3 rings (SSSR count). The number of nitrogens with zero attached hydrogens (tertiary/aromatic N) is 2. The zero-order valence-electron chi connectivity index (χ0n) is 27.4. The molecule has 17 heteroatoms. The fourth-order valence-electron chi connectivity index (χ4n) is 4.65. The maximum Gasteiger partial charge on any atom is 0.405 e. The summed E-state index contributed by atoms with van der Waals surface area (Å²) in [7, 11) is 1.36. The molecule has 2 aromatic carbocycles. The fourth-order valence-corrected chi connectivity index (χ4v) is 4.65. The Kier molecular flexibility index (Phi) is 13.3. The zero-order chi connectivity index (χ0) is 37.9. The summed E-state index contributed by atoms with van der Waals surface area (Å²) in [6.07, 6.45) is -3.89. The van der Waals surface area contributed by atoms with Gasteiger partial charge >= 0.3 is 12.1 Å². The van der Waals surface area contributed by atoms with Crippen molar-refractivity contribution >= 4 is 29.4 Å². The van der Waals surface area contributed by atoms with Crippen LogP contribution in [0.15, 0.2) is 72.9 Å². The first kappa shape index (κ1) is 39.5. The minimum absolute atomic E-state index is 0.0518. The van der Waals surface area contributed by atoms with E-state index in [-0.39, 0.29) is 23.2 Å². The van der Waals surface area contributed by atoms with Gasteiger partial charge in [0.25, 0.3) is 11.8 Å². The Morgan fingerprint density at radius 3 is 2.14 bits per heavy atom. The lowest BCUT2D eigenvalue weighted by atomic mass is 9.94. The Balaban J connectivity index is 1.97. The van der Waals surface area contributed by atoms with Gasteiger partial charge in [0, 0.05) is 12.6 Å². The van der Waals surface area contributed by atoms with E-state index in [1.807, 2.05) is 6.07 Å². The first-order valence-electron chi connectivity index (χ1n) is 15.2. The summed E-state index contributed by atoms with van der Waals surface area (Å²) in [5.41, 5.74) is 0.709. The number of amides is 4. The van der Waals surface area contributed by atoms with E-state index in [0.717, 1.165) is 5.32 Å². The Labute approximate surface area is 288 Å². The molecule has 0 spiro atoms. The quantitative estimate of drug-likeness (QED) is 0.137. The molecular formula is C34H33F5N6O6. The lowest BCUT2D eigenvalue weighted by Crippen LogP contribution is -2.58. The number of ether oxygens (including phenoxy) is 1. The Morgan fingerprint density at radius 2 is 1.57 bits per heavy atom. The van der Waals surface area contributed by atoms with Crippen molar-refractivity contribution in [1.82, 2.24) is 26.3 Å². The lowest BCUT2D eigenvalue weighted by Gasteiger charge is -2.28. The molecule has 12 nitrogen and oxygen atoms in total. The Hall–Kier alpha value is -5.92. The molecule has 0 aliphatic rings. The van der Waals surface area contributed by atoms with Gasteiger partial charge in [0.2, 0.25) is 17.6 Å². The number of hydrogen-bond acceptors (Lipinski definition) is 8. The minimum Gasteiger partial charge on any atom is -0.497 e. The number of pyridine rings is 1. The Bertz CT molecular complexity index is 1760. The van der Waals surface area contributed by atoms with Crippen LogP contribution in [0.1, 0.15) is 47.1 Å². The summed E-state index contributed by atoms with van der Waals surface area (Å²) < 4.78 is 72.5. The normalized spacial score (nSPS) is 13.2. The number of carbonyl (C=O) groups is 5. The molecule has 0 saturated heterocycles. The molecule has 3 unspecified atom stereocenters. The number of nitrogens with one attached hydrogen (secondary N) is 4. The minimum atomic E-state index is -5.04. The molecule has 0 aliphatic heterocycles. The maximum atomic E-state index is 14.9. The second kappa shape index (κ2) is 17.1. The van der Waals surface area contributed by atoms with E-state index in [1.54, 1.807) is 18.2 Å². The number of nitriles is 1. The molecule has 51 heavy (non-hydrogen) atoms. The lowest BCUT2D eigenvalue weighted by molar-refractivity contribution is -0.165. The molecule has 4 amide bonds. The predicted octanol–water partition coefficient (Wildman–Crippen LogP) is 3.18.